The summed E-state index contributed by atoms with van der Waals surface area (Å²) in [6, 6.07) is 12.1. The van der Waals surface area contributed by atoms with Gasteiger partial charge in [0.15, 0.2) is 0 Å². The summed E-state index contributed by atoms with van der Waals surface area (Å²) in [6.45, 7) is 15.6. The minimum absolute atomic E-state index is 0.0565. The molecule has 1 aliphatic rings. The van der Waals surface area contributed by atoms with E-state index >= 15 is 0 Å². The van der Waals surface area contributed by atoms with Crippen LogP contribution in [0.15, 0.2) is 42.0 Å². The van der Waals surface area contributed by atoms with Crippen LogP contribution in [-0.4, -0.2) is 18.0 Å². The largest absolute Gasteiger partial charge is 0.363 e. The third-order valence-corrected chi connectivity index (χ3v) is 6.20. The lowest BCUT2D eigenvalue weighted by molar-refractivity contribution is -0.112. The fraction of sp³-hybridized carbons (Fsp3) is 0.333. The maximum atomic E-state index is 12.8. The predicted octanol–water partition coefficient (Wildman–Crippen LogP) is 6.18. The summed E-state index contributed by atoms with van der Waals surface area (Å²) in [5.41, 5.74) is 8.33. The molecule has 0 spiro atoms. The van der Waals surface area contributed by atoms with Crippen LogP contribution in [0.25, 0.3) is 11.6 Å². The third kappa shape index (κ3) is 4.27. The number of hydrogen-bond donors (Lipinski definition) is 1. The Kier molecular flexibility index (Phi) is 6.08. The first-order valence-corrected chi connectivity index (χ1v) is 10.7. The second kappa shape index (κ2) is 8.43. The summed E-state index contributed by atoms with van der Waals surface area (Å²) < 4.78 is 0. The SMILES string of the molecule is CCN1c2cc(C)c(/C=C(\C#N)C(=O)Nc3cccc(C)c3C)cc2C(C)=CC1(C)C. The van der Waals surface area contributed by atoms with Crippen molar-refractivity contribution < 1.29 is 4.79 Å². The summed E-state index contributed by atoms with van der Waals surface area (Å²) in [5, 5.41) is 12.6. The summed E-state index contributed by atoms with van der Waals surface area (Å²) in [5.74, 6) is -0.392. The van der Waals surface area contributed by atoms with Gasteiger partial charge in [-0.1, -0.05) is 18.2 Å². The highest BCUT2D eigenvalue weighted by Gasteiger charge is 2.30. The molecule has 31 heavy (non-hydrogen) atoms. The van der Waals surface area contributed by atoms with Gasteiger partial charge in [0.1, 0.15) is 11.6 Å². The van der Waals surface area contributed by atoms with Crippen LogP contribution in [-0.2, 0) is 4.79 Å². The van der Waals surface area contributed by atoms with Crippen LogP contribution in [0, 0.1) is 32.1 Å². The van der Waals surface area contributed by atoms with E-state index in [1.807, 2.05) is 39.0 Å². The van der Waals surface area contributed by atoms with E-state index in [4.69, 9.17) is 0 Å². The molecule has 4 heteroatoms. The van der Waals surface area contributed by atoms with Crippen LogP contribution in [0.5, 0.6) is 0 Å². The van der Waals surface area contributed by atoms with Crippen LogP contribution in [0.2, 0.25) is 0 Å². The third-order valence-electron chi connectivity index (χ3n) is 6.20. The number of fused-ring (bicyclic) bond motifs is 1. The van der Waals surface area contributed by atoms with Gasteiger partial charge in [-0.3, -0.25) is 4.79 Å². The van der Waals surface area contributed by atoms with E-state index in [1.165, 1.54) is 11.3 Å². The van der Waals surface area contributed by atoms with Crippen molar-refractivity contribution >= 4 is 28.9 Å². The molecule has 1 N–H and O–H groups in total. The molecule has 0 atom stereocenters. The van der Waals surface area contributed by atoms with Crippen molar-refractivity contribution in [2.45, 2.75) is 54.0 Å². The Labute approximate surface area is 185 Å². The van der Waals surface area contributed by atoms with Gasteiger partial charge in [0, 0.05) is 23.5 Å². The number of carbonyl (C=O) groups is 1. The molecule has 3 rings (SSSR count). The second-order valence-corrected chi connectivity index (χ2v) is 8.82. The molecule has 0 saturated heterocycles. The number of amides is 1. The molecule has 0 aliphatic carbocycles. The zero-order valence-corrected chi connectivity index (χ0v) is 19.6. The van der Waals surface area contributed by atoms with Crippen molar-refractivity contribution in [2.75, 3.05) is 16.8 Å². The van der Waals surface area contributed by atoms with Crippen molar-refractivity contribution in [3.63, 3.8) is 0 Å². The van der Waals surface area contributed by atoms with Gasteiger partial charge in [0.05, 0.1) is 5.54 Å². The van der Waals surface area contributed by atoms with Crippen molar-refractivity contribution in [2.24, 2.45) is 0 Å². The van der Waals surface area contributed by atoms with E-state index in [0.29, 0.717) is 0 Å². The number of hydrogen-bond acceptors (Lipinski definition) is 3. The van der Waals surface area contributed by atoms with Crippen molar-refractivity contribution in [1.82, 2.24) is 0 Å². The maximum Gasteiger partial charge on any atom is 0.266 e. The van der Waals surface area contributed by atoms with E-state index in [-0.39, 0.29) is 11.1 Å². The van der Waals surface area contributed by atoms with E-state index in [2.05, 4.69) is 62.2 Å². The fourth-order valence-corrected chi connectivity index (χ4v) is 4.36. The molecule has 0 fully saturated rings. The van der Waals surface area contributed by atoms with Crippen LogP contribution in [0.4, 0.5) is 11.4 Å². The normalized spacial score (nSPS) is 15.1. The Morgan fingerprint density at radius 2 is 1.87 bits per heavy atom. The topological polar surface area (TPSA) is 56.1 Å². The highest BCUT2D eigenvalue weighted by Crippen LogP contribution is 2.40. The maximum absolute atomic E-state index is 12.8. The number of benzene rings is 2. The van der Waals surface area contributed by atoms with Gasteiger partial charge >= 0.3 is 0 Å². The second-order valence-electron chi connectivity index (χ2n) is 8.82. The van der Waals surface area contributed by atoms with Crippen molar-refractivity contribution in [3.8, 4) is 6.07 Å². The Hall–Kier alpha value is -3.32. The first-order valence-electron chi connectivity index (χ1n) is 10.7. The number of nitrogens with zero attached hydrogens (tertiary/aromatic N) is 2. The average molecular weight is 414 g/mol. The van der Waals surface area contributed by atoms with Gasteiger partial charge in [-0.05, 0) is 101 Å². The molecule has 1 aliphatic heterocycles. The van der Waals surface area contributed by atoms with E-state index < -0.39 is 5.91 Å². The predicted molar refractivity (Wildman–Crippen MR) is 130 cm³/mol. The first kappa shape index (κ1) is 22.4. The lowest BCUT2D eigenvalue weighted by Crippen LogP contribution is -2.44. The van der Waals surface area contributed by atoms with Gasteiger partial charge < -0.3 is 10.2 Å². The number of carbonyl (C=O) groups excluding carboxylic acids is 1. The first-order chi connectivity index (χ1) is 14.6. The lowest BCUT2D eigenvalue weighted by Gasteiger charge is -2.43. The molecule has 0 bridgehead atoms. The van der Waals surface area contributed by atoms with Gasteiger partial charge in [-0.2, -0.15) is 5.26 Å². The number of allylic oxidation sites excluding steroid dienone is 1. The Morgan fingerprint density at radius 3 is 2.52 bits per heavy atom. The van der Waals surface area contributed by atoms with Crippen LogP contribution in [0.3, 0.4) is 0 Å². The molecule has 0 radical (unpaired) electrons. The van der Waals surface area contributed by atoms with Gasteiger partial charge in [-0.25, -0.2) is 0 Å². The lowest BCUT2D eigenvalue weighted by atomic mass is 9.86. The smallest absolute Gasteiger partial charge is 0.266 e. The monoisotopic (exact) mass is 413 g/mol. The summed E-state index contributed by atoms with van der Waals surface area (Å²) in [4.78, 5) is 15.2. The standard InChI is InChI=1S/C27H31N3O/c1-8-30-25-12-18(3)21(14-23(25)19(4)15-27(30,6)7)13-22(16-28)26(31)29-24-11-9-10-17(2)20(24)5/h9-15H,8H2,1-7H3,(H,29,31)/b22-13+. The molecule has 1 heterocycles. The number of rotatable bonds is 4. The highest BCUT2D eigenvalue weighted by atomic mass is 16.1. The molecule has 0 aromatic heterocycles. The summed E-state index contributed by atoms with van der Waals surface area (Å²) in [7, 11) is 0. The van der Waals surface area contributed by atoms with Crippen molar-refractivity contribution in [3.05, 3.63) is 69.8 Å². The van der Waals surface area contributed by atoms with Gasteiger partial charge in [0.25, 0.3) is 5.91 Å². The van der Waals surface area contributed by atoms with Gasteiger partial charge in [-0.15, -0.1) is 0 Å². The van der Waals surface area contributed by atoms with E-state index in [0.717, 1.165) is 40.0 Å². The molecule has 2 aromatic rings. The van der Waals surface area contributed by atoms with E-state index in [1.54, 1.807) is 6.08 Å². The number of anilines is 2. The summed E-state index contributed by atoms with van der Waals surface area (Å²) in [6.07, 6.45) is 3.97. The number of nitriles is 1. The number of aryl methyl sites for hydroxylation is 2. The summed E-state index contributed by atoms with van der Waals surface area (Å²) >= 11 is 0. The number of likely N-dealkylation sites (N-methyl/N-ethyl adjacent to an activating group) is 1. The molecular formula is C27H31N3O. The molecule has 4 nitrogen and oxygen atoms in total. The van der Waals surface area contributed by atoms with Crippen LogP contribution in [0.1, 0.15) is 55.5 Å². The molecule has 2 aromatic carbocycles. The molecular weight excluding hydrogens is 382 g/mol. The zero-order chi connectivity index (χ0) is 22.9. The molecule has 0 saturated carbocycles. The van der Waals surface area contributed by atoms with E-state index in [9.17, 15) is 10.1 Å². The quantitative estimate of drug-likeness (QED) is 0.481. The Morgan fingerprint density at radius 1 is 1.16 bits per heavy atom. The zero-order valence-electron chi connectivity index (χ0n) is 19.6. The average Bonchev–Trinajstić information content (AvgIpc) is 2.69. The minimum Gasteiger partial charge on any atom is -0.363 e. The van der Waals surface area contributed by atoms with Crippen molar-refractivity contribution in [1.29, 1.82) is 5.26 Å². The van der Waals surface area contributed by atoms with Gasteiger partial charge in [0.2, 0.25) is 0 Å². The Balaban J connectivity index is 2.01. The molecule has 0 unspecified atom stereocenters. The number of nitrogens with one attached hydrogen (secondary N) is 1. The Bertz CT molecular complexity index is 1150. The molecule has 1 amide bonds. The molecule has 160 valence electrons. The van der Waals surface area contributed by atoms with Crippen LogP contribution >= 0.6 is 0 Å². The van der Waals surface area contributed by atoms with Crippen LogP contribution < -0.4 is 10.2 Å². The highest BCUT2D eigenvalue weighted by molar-refractivity contribution is 6.10. The minimum atomic E-state index is -0.392. The fourth-order valence-electron chi connectivity index (χ4n) is 4.36.